The van der Waals surface area contributed by atoms with Gasteiger partial charge in [-0.1, -0.05) is 18.5 Å². The SMILES string of the molecule is C[C@H]1C[C@@H](c2cn[nH]c2)CN(c2nccc(-c3cnc4ccc(Cl)cn34)n2)C1. The molecule has 4 aromatic rings. The van der Waals surface area contributed by atoms with Gasteiger partial charge in [0.05, 0.1) is 28.8 Å². The largest absolute Gasteiger partial charge is 0.340 e. The Morgan fingerprint density at radius 2 is 2.07 bits per heavy atom. The van der Waals surface area contributed by atoms with Crippen LogP contribution in [-0.2, 0) is 0 Å². The van der Waals surface area contributed by atoms with E-state index in [0.717, 1.165) is 42.5 Å². The lowest BCUT2D eigenvalue weighted by Crippen LogP contribution is -2.39. The van der Waals surface area contributed by atoms with Gasteiger partial charge in [-0.05, 0) is 36.1 Å². The molecule has 7 nitrogen and oxygen atoms in total. The predicted octanol–water partition coefficient (Wildman–Crippen LogP) is 3.80. The van der Waals surface area contributed by atoms with Crippen molar-refractivity contribution in [2.75, 3.05) is 18.0 Å². The molecule has 0 aromatic carbocycles. The van der Waals surface area contributed by atoms with Gasteiger partial charge < -0.3 is 4.90 Å². The summed E-state index contributed by atoms with van der Waals surface area (Å²) in [6, 6.07) is 5.65. The van der Waals surface area contributed by atoms with E-state index in [1.807, 2.05) is 53.6 Å². The minimum Gasteiger partial charge on any atom is -0.340 e. The summed E-state index contributed by atoms with van der Waals surface area (Å²) in [5.41, 5.74) is 3.81. The van der Waals surface area contributed by atoms with Crippen molar-refractivity contribution in [3.63, 3.8) is 0 Å². The van der Waals surface area contributed by atoms with Gasteiger partial charge in [0, 0.05) is 37.6 Å². The highest BCUT2D eigenvalue weighted by molar-refractivity contribution is 6.30. The zero-order valence-electron chi connectivity index (χ0n) is 15.5. The zero-order chi connectivity index (χ0) is 19.1. The molecule has 5 heterocycles. The molecule has 0 bridgehead atoms. The maximum absolute atomic E-state index is 6.17. The number of nitrogens with one attached hydrogen (secondary N) is 1. The molecule has 1 aliphatic heterocycles. The second-order valence-electron chi connectivity index (χ2n) is 7.44. The third-order valence-corrected chi connectivity index (χ3v) is 5.53. The summed E-state index contributed by atoms with van der Waals surface area (Å²) in [6.45, 7) is 4.10. The van der Waals surface area contributed by atoms with Crippen LogP contribution in [0.5, 0.6) is 0 Å². The Kier molecular flexibility index (Phi) is 4.24. The van der Waals surface area contributed by atoms with E-state index in [1.54, 1.807) is 0 Å². The minimum absolute atomic E-state index is 0.421. The van der Waals surface area contributed by atoms with Crippen molar-refractivity contribution in [2.45, 2.75) is 19.3 Å². The van der Waals surface area contributed by atoms with Crippen LogP contribution in [0.15, 0.2) is 49.2 Å². The van der Waals surface area contributed by atoms with Crippen LogP contribution in [0.25, 0.3) is 17.0 Å². The smallest absolute Gasteiger partial charge is 0.225 e. The molecular weight excluding hydrogens is 374 g/mol. The molecule has 1 aliphatic rings. The number of aromatic nitrogens is 6. The number of aromatic amines is 1. The number of rotatable bonds is 3. The Bertz CT molecular complexity index is 1100. The topological polar surface area (TPSA) is 75.0 Å². The van der Waals surface area contributed by atoms with Crippen molar-refractivity contribution in [3.8, 4) is 11.4 Å². The fourth-order valence-electron chi connectivity index (χ4n) is 4.03. The molecule has 0 amide bonds. The molecule has 142 valence electrons. The van der Waals surface area contributed by atoms with Crippen LogP contribution in [0.3, 0.4) is 0 Å². The second-order valence-corrected chi connectivity index (χ2v) is 7.87. The molecule has 4 aromatic heterocycles. The summed E-state index contributed by atoms with van der Waals surface area (Å²) < 4.78 is 1.96. The first-order chi connectivity index (χ1) is 13.7. The van der Waals surface area contributed by atoms with Crippen LogP contribution in [-0.4, -0.2) is 42.6 Å². The molecule has 5 rings (SSSR count). The van der Waals surface area contributed by atoms with E-state index >= 15 is 0 Å². The lowest BCUT2D eigenvalue weighted by molar-refractivity contribution is 0.398. The summed E-state index contributed by atoms with van der Waals surface area (Å²) in [5.74, 6) is 1.72. The van der Waals surface area contributed by atoms with Gasteiger partial charge in [0.1, 0.15) is 5.65 Å². The highest BCUT2D eigenvalue weighted by atomic mass is 35.5. The fourth-order valence-corrected chi connectivity index (χ4v) is 4.19. The second kappa shape index (κ2) is 6.91. The summed E-state index contributed by atoms with van der Waals surface area (Å²) in [5, 5.41) is 7.70. The molecule has 0 aliphatic carbocycles. The summed E-state index contributed by atoms with van der Waals surface area (Å²) in [6.07, 6.45) is 10.5. The van der Waals surface area contributed by atoms with Crippen molar-refractivity contribution in [3.05, 3.63) is 59.8 Å². The molecule has 2 atom stereocenters. The Morgan fingerprint density at radius 3 is 2.93 bits per heavy atom. The molecule has 1 saturated heterocycles. The number of H-pyrrole nitrogens is 1. The highest BCUT2D eigenvalue weighted by Crippen LogP contribution is 2.32. The Balaban J connectivity index is 1.49. The van der Waals surface area contributed by atoms with Crippen molar-refractivity contribution in [1.82, 2.24) is 29.5 Å². The molecule has 0 saturated carbocycles. The fraction of sp³-hybridized carbons (Fsp3) is 0.300. The van der Waals surface area contributed by atoms with Crippen LogP contribution in [0.1, 0.15) is 24.8 Å². The Morgan fingerprint density at radius 1 is 1.14 bits per heavy atom. The normalized spacial score (nSPS) is 20.0. The van der Waals surface area contributed by atoms with Crippen molar-refractivity contribution >= 4 is 23.2 Å². The van der Waals surface area contributed by atoms with E-state index in [9.17, 15) is 0 Å². The van der Waals surface area contributed by atoms with Gasteiger partial charge in [0.25, 0.3) is 0 Å². The molecule has 0 radical (unpaired) electrons. The monoisotopic (exact) mass is 393 g/mol. The van der Waals surface area contributed by atoms with Gasteiger partial charge in [-0.2, -0.15) is 5.10 Å². The van der Waals surface area contributed by atoms with Gasteiger partial charge in [0.15, 0.2) is 0 Å². The number of fused-ring (bicyclic) bond motifs is 1. The van der Waals surface area contributed by atoms with Gasteiger partial charge in [-0.3, -0.25) is 9.50 Å². The minimum atomic E-state index is 0.421. The lowest BCUT2D eigenvalue weighted by atomic mass is 9.87. The van der Waals surface area contributed by atoms with Gasteiger partial charge >= 0.3 is 0 Å². The van der Waals surface area contributed by atoms with Gasteiger partial charge in [-0.15, -0.1) is 0 Å². The number of piperidine rings is 1. The number of nitrogens with zero attached hydrogens (tertiary/aromatic N) is 6. The molecule has 28 heavy (non-hydrogen) atoms. The number of hydrogen-bond acceptors (Lipinski definition) is 5. The predicted molar refractivity (Wildman–Crippen MR) is 109 cm³/mol. The summed E-state index contributed by atoms with van der Waals surface area (Å²) in [7, 11) is 0. The van der Waals surface area contributed by atoms with Crippen molar-refractivity contribution in [1.29, 1.82) is 0 Å². The highest BCUT2D eigenvalue weighted by Gasteiger charge is 2.28. The van der Waals surface area contributed by atoms with Crippen LogP contribution >= 0.6 is 11.6 Å². The zero-order valence-corrected chi connectivity index (χ0v) is 16.2. The average molecular weight is 394 g/mol. The third kappa shape index (κ3) is 3.11. The number of halogens is 1. The molecular formula is C20H20ClN7. The summed E-state index contributed by atoms with van der Waals surface area (Å²) >= 11 is 6.17. The first-order valence-corrected chi connectivity index (χ1v) is 9.75. The molecule has 1 N–H and O–H groups in total. The molecule has 0 unspecified atom stereocenters. The molecule has 0 spiro atoms. The molecule has 8 heteroatoms. The van der Waals surface area contributed by atoms with E-state index in [1.165, 1.54) is 5.56 Å². The maximum atomic E-state index is 6.17. The maximum Gasteiger partial charge on any atom is 0.225 e. The lowest BCUT2D eigenvalue weighted by Gasteiger charge is -2.36. The van der Waals surface area contributed by atoms with E-state index in [-0.39, 0.29) is 0 Å². The van der Waals surface area contributed by atoms with Crippen molar-refractivity contribution < 1.29 is 0 Å². The standard InChI is InChI=1S/C20H20ClN7/c1-13-6-14(15-7-24-25-8-15)11-27(10-13)20-22-5-4-17(26-20)18-9-23-19-3-2-16(21)12-28(18)19/h2-5,7-9,12-14H,6,10-11H2,1H3,(H,24,25)/t13-,14+/m0/s1. The Labute approximate surface area is 167 Å². The number of anilines is 1. The van der Waals surface area contributed by atoms with Crippen LogP contribution < -0.4 is 4.90 Å². The van der Waals surface area contributed by atoms with E-state index in [4.69, 9.17) is 16.6 Å². The first-order valence-electron chi connectivity index (χ1n) is 9.37. The summed E-state index contributed by atoms with van der Waals surface area (Å²) in [4.78, 5) is 16.1. The van der Waals surface area contributed by atoms with Gasteiger partial charge in [0.2, 0.25) is 5.95 Å². The first kappa shape index (κ1) is 17.2. The van der Waals surface area contributed by atoms with E-state index < -0.39 is 0 Å². The number of imidazole rings is 1. The van der Waals surface area contributed by atoms with Gasteiger partial charge in [-0.25, -0.2) is 15.0 Å². The number of hydrogen-bond donors (Lipinski definition) is 1. The van der Waals surface area contributed by atoms with Crippen LogP contribution in [0.2, 0.25) is 5.02 Å². The quantitative estimate of drug-likeness (QED) is 0.573. The number of pyridine rings is 1. The van der Waals surface area contributed by atoms with Crippen LogP contribution in [0.4, 0.5) is 5.95 Å². The Hall–Kier alpha value is -2.93. The third-order valence-electron chi connectivity index (χ3n) is 5.31. The average Bonchev–Trinajstić information content (AvgIpc) is 3.37. The molecule has 1 fully saturated rings. The van der Waals surface area contributed by atoms with E-state index in [2.05, 4.69) is 32.0 Å². The van der Waals surface area contributed by atoms with Crippen molar-refractivity contribution in [2.24, 2.45) is 5.92 Å². The van der Waals surface area contributed by atoms with E-state index in [0.29, 0.717) is 16.9 Å². The van der Waals surface area contributed by atoms with Crippen LogP contribution in [0, 0.1) is 5.92 Å².